The molecular formula is C16H18ClFN2OS. The van der Waals surface area contributed by atoms with Gasteiger partial charge in [-0.25, -0.2) is 4.39 Å². The van der Waals surface area contributed by atoms with E-state index in [1.54, 1.807) is 12.1 Å². The first-order valence-electron chi connectivity index (χ1n) is 7.01. The molecule has 22 heavy (non-hydrogen) atoms. The Bertz CT molecular complexity index is 651. The van der Waals surface area contributed by atoms with Crippen LogP contribution in [0.4, 0.5) is 4.39 Å². The fraction of sp³-hybridized carbons (Fsp3) is 0.312. The van der Waals surface area contributed by atoms with E-state index in [-0.39, 0.29) is 30.2 Å². The predicted molar refractivity (Wildman–Crippen MR) is 90.4 cm³/mol. The Hall–Kier alpha value is -1.43. The number of rotatable bonds is 3. The lowest BCUT2D eigenvalue weighted by atomic mass is 10.1. The molecule has 0 saturated carbocycles. The van der Waals surface area contributed by atoms with Crippen molar-refractivity contribution in [2.24, 2.45) is 0 Å². The minimum atomic E-state index is -0.250. The molecule has 1 fully saturated rings. The first-order valence-corrected chi connectivity index (χ1v) is 7.83. The summed E-state index contributed by atoms with van der Waals surface area (Å²) >= 11 is 1.46. The molecule has 1 saturated heterocycles. The standard InChI is InChI=1S/C16H17FN2OS.ClH/c1-10-8-14(16(20)19-13-6-7-18-9-13)21-15(10)11-2-4-12(17)5-3-11;/h2-5,8,13,18H,6-7,9H2,1H3,(H,19,20);1H. The number of aryl methyl sites for hydroxylation is 1. The van der Waals surface area contributed by atoms with Crippen molar-refractivity contribution in [3.05, 3.63) is 46.6 Å². The highest BCUT2D eigenvalue weighted by atomic mass is 35.5. The lowest BCUT2D eigenvalue weighted by Crippen LogP contribution is -2.35. The molecule has 1 aliphatic heterocycles. The Kier molecular flexibility index (Phi) is 5.56. The van der Waals surface area contributed by atoms with Crippen LogP contribution in [0, 0.1) is 12.7 Å². The monoisotopic (exact) mass is 340 g/mol. The lowest BCUT2D eigenvalue weighted by Gasteiger charge is -2.09. The van der Waals surface area contributed by atoms with Crippen LogP contribution in [0.25, 0.3) is 10.4 Å². The van der Waals surface area contributed by atoms with Crippen LogP contribution >= 0.6 is 23.7 Å². The maximum Gasteiger partial charge on any atom is 0.261 e. The van der Waals surface area contributed by atoms with Crippen LogP contribution in [-0.2, 0) is 0 Å². The number of thiophene rings is 1. The van der Waals surface area contributed by atoms with E-state index in [4.69, 9.17) is 0 Å². The van der Waals surface area contributed by atoms with Gasteiger partial charge in [0.05, 0.1) is 4.88 Å². The molecule has 1 amide bonds. The van der Waals surface area contributed by atoms with Crippen LogP contribution in [0.3, 0.4) is 0 Å². The molecule has 3 rings (SSSR count). The highest BCUT2D eigenvalue weighted by Crippen LogP contribution is 2.32. The summed E-state index contributed by atoms with van der Waals surface area (Å²) in [5.41, 5.74) is 1.99. The molecule has 2 aromatic rings. The molecule has 1 atom stereocenters. The number of carbonyl (C=O) groups excluding carboxylic acids is 1. The van der Waals surface area contributed by atoms with Gasteiger partial charge in [-0.2, -0.15) is 0 Å². The zero-order valence-electron chi connectivity index (χ0n) is 12.2. The van der Waals surface area contributed by atoms with Crippen LogP contribution in [0.1, 0.15) is 21.7 Å². The molecule has 2 heterocycles. The van der Waals surface area contributed by atoms with Crippen molar-refractivity contribution in [3.8, 4) is 10.4 Å². The normalized spacial score (nSPS) is 17.1. The molecule has 1 aliphatic rings. The van der Waals surface area contributed by atoms with Crippen LogP contribution in [0.5, 0.6) is 0 Å². The van der Waals surface area contributed by atoms with E-state index in [0.29, 0.717) is 4.88 Å². The van der Waals surface area contributed by atoms with Gasteiger partial charge in [-0.05, 0) is 49.2 Å². The van der Waals surface area contributed by atoms with Gasteiger partial charge in [0.1, 0.15) is 5.82 Å². The summed E-state index contributed by atoms with van der Waals surface area (Å²) in [6, 6.07) is 8.50. The van der Waals surface area contributed by atoms with Crippen molar-refractivity contribution in [1.29, 1.82) is 0 Å². The Morgan fingerprint density at radius 2 is 2.09 bits per heavy atom. The van der Waals surface area contributed by atoms with Gasteiger partial charge in [0.2, 0.25) is 0 Å². The highest BCUT2D eigenvalue weighted by molar-refractivity contribution is 7.17. The Labute approximate surface area is 139 Å². The summed E-state index contributed by atoms with van der Waals surface area (Å²) in [5.74, 6) is -0.273. The van der Waals surface area contributed by atoms with Crippen molar-refractivity contribution < 1.29 is 9.18 Å². The number of hydrogen-bond donors (Lipinski definition) is 2. The van der Waals surface area contributed by atoms with Gasteiger partial charge in [-0.15, -0.1) is 23.7 Å². The van der Waals surface area contributed by atoms with E-state index in [0.717, 1.165) is 35.5 Å². The van der Waals surface area contributed by atoms with Gasteiger partial charge in [0.25, 0.3) is 5.91 Å². The summed E-state index contributed by atoms with van der Waals surface area (Å²) in [5, 5.41) is 6.28. The zero-order valence-corrected chi connectivity index (χ0v) is 13.8. The second-order valence-electron chi connectivity index (χ2n) is 5.29. The molecule has 1 aromatic heterocycles. The Morgan fingerprint density at radius 1 is 1.36 bits per heavy atom. The van der Waals surface area contributed by atoms with Gasteiger partial charge in [-0.3, -0.25) is 4.79 Å². The molecule has 0 radical (unpaired) electrons. The van der Waals surface area contributed by atoms with E-state index in [1.165, 1.54) is 23.5 Å². The number of carbonyl (C=O) groups is 1. The summed E-state index contributed by atoms with van der Waals surface area (Å²) in [6.07, 6.45) is 0.973. The lowest BCUT2D eigenvalue weighted by molar-refractivity contribution is 0.0944. The van der Waals surface area contributed by atoms with Crippen LogP contribution in [0.2, 0.25) is 0 Å². The van der Waals surface area contributed by atoms with Crippen LogP contribution in [0.15, 0.2) is 30.3 Å². The smallest absolute Gasteiger partial charge is 0.261 e. The third-order valence-electron chi connectivity index (χ3n) is 3.64. The number of nitrogens with one attached hydrogen (secondary N) is 2. The SMILES string of the molecule is Cc1cc(C(=O)NC2CCNC2)sc1-c1ccc(F)cc1.Cl. The van der Waals surface area contributed by atoms with Crippen molar-refractivity contribution >= 4 is 29.7 Å². The average Bonchev–Trinajstić information content (AvgIpc) is 3.09. The topological polar surface area (TPSA) is 41.1 Å². The second-order valence-corrected chi connectivity index (χ2v) is 6.35. The average molecular weight is 341 g/mol. The van der Waals surface area contributed by atoms with Crippen molar-refractivity contribution in [1.82, 2.24) is 10.6 Å². The van der Waals surface area contributed by atoms with Gasteiger partial charge < -0.3 is 10.6 Å². The first-order chi connectivity index (χ1) is 10.1. The highest BCUT2D eigenvalue weighted by Gasteiger charge is 2.19. The molecule has 3 nitrogen and oxygen atoms in total. The summed E-state index contributed by atoms with van der Waals surface area (Å²) in [4.78, 5) is 14.0. The van der Waals surface area contributed by atoms with Gasteiger partial charge in [0, 0.05) is 17.5 Å². The first kappa shape index (κ1) is 16.9. The zero-order chi connectivity index (χ0) is 14.8. The molecule has 2 N–H and O–H groups in total. The van der Waals surface area contributed by atoms with Crippen LogP contribution < -0.4 is 10.6 Å². The van der Waals surface area contributed by atoms with E-state index < -0.39 is 0 Å². The fourth-order valence-electron chi connectivity index (χ4n) is 2.52. The number of hydrogen-bond acceptors (Lipinski definition) is 3. The van der Waals surface area contributed by atoms with Gasteiger partial charge >= 0.3 is 0 Å². The number of halogens is 2. The van der Waals surface area contributed by atoms with E-state index in [2.05, 4.69) is 10.6 Å². The summed E-state index contributed by atoms with van der Waals surface area (Å²) in [7, 11) is 0. The molecule has 0 spiro atoms. The van der Waals surface area contributed by atoms with E-state index in [1.807, 2.05) is 13.0 Å². The van der Waals surface area contributed by atoms with Gasteiger partial charge in [-0.1, -0.05) is 12.1 Å². The largest absolute Gasteiger partial charge is 0.347 e. The Morgan fingerprint density at radius 3 is 2.73 bits per heavy atom. The van der Waals surface area contributed by atoms with E-state index in [9.17, 15) is 9.18 Å². The maximum absolute atomic E-state index is 13.0. The maximum atomic E-state index is 13.0. The second kappa shape index (κ2) is 7.22. The predicted octanol–water partition coefficient (Wildman–Crippen LogP) is 3.38. The third-order valence-corrected chi connectivity index (χ3v) is 4.93. The molecule has 6 heteroatoms. The van der Waals surface area contributed by atoms with Crippen molar-refractivity contribution in [3.63, 3.8) is 0 Å². The quantitative estimate of drug-likeness (QED) is 0.899. The third kappa shape index (κ3) is 3.66. The van der Waals surface area contributed by atoms with Crippen LogP contribution in [-0.4, -0.2) is 25.0 Å². The van der Waals surface area contributed by atoms with E-state index >= 15 is 0 Å². The Balaban J connectivity index is 0.00000176. The number of amides is 1. The molecule has 0 aliphatic carbocycles. The molecule has 1 aromatic carbocycles. The number of benzene rings is 1. The van der Waals surface area contributed by atoms with Crippen molar-refractivity contribution in [2.75, 3.05) is 13.1 Å². The fourth-order valence-corrected chi connectivity index (χ4v) is 3.60. The summed E-state index contributed by atoms with van der Waals surface area (Å²) in [6.45, 7) is 3.76. The molecule has 0 bridgehead atoms. The van der Waals surface area contributed by atoms with Crippen molar-refractivity contribution in [2.45, 2.75) is 19.4 Å². The minimum Gasteiger partial charge on any atom is -0.347 e. The minimum absolute atomic E-state index is 0. The molecule has 118 valence electrons. The summed E-state index contributed by atoms with van der Waals surface area (Å²) < 4.78 is 13.0. The molecule has 1 unspecified atom stereocenters. The van der Waals surface area contributed by atoms with Gasteiger partial charge in [0.15, 0.2) is 0 Å². The molecular weight excluding hydrogens is 323 g/mol.